The third-order valence-electron chi connectivity index (χ3n) is 3.86. The quantitative estimate of drug-likeness (QED) is 0.753. The standard InChI is InChI=1S/C19H16ClNO2/c1-13-15(12-19(22)23)11-18(14-7-3-2-4-8-14)21(13)17-10-6-5-9-16(17)20/h2-11H,12H2,1H3,(H,22,23). The maximum Gasteiger partial charge on any atom is 0.307 e. The molecule has 3 nitrogen and oxygen atoms in total. The monoisotopic (exact) mass is 325 g/mol. The number of hydrogen-bond donors (Lipinski definition) is 1. The van der Waals surface area contributed by atoms with Crippen LogP contribution in [-0.4, -0.2) is 15.6 Å². The molecular weight excluding hydrogens is 310 g/mol. The lowest BCUT2D eigenvalue weighted by Crippen LogP contribution is -2.03. The summed E-state index contributed by atoms with van der Waals surface area (Å²) >= 11 is 6.37. The minimum atomic E-state index is -0.843. The van der Waals surface area contributed by atoms with Crippen molar-refractivity contribution < 1.29 is 9.90 Å². The van der Waals surface area contributed by atoms with Crippen LogP contribution in [0.25, 0.3) is 16.9 Å². The zero-order valence-electron chi connectivity index (χ0n) is 12.7. The van der Waals surface area contributed by atoms with E-state index in [0.29, 0.717) is 5.02 Å². The molecule has 0 atom stereocenters. The van der Waals surface area contributed by atoms with E-state index in [1.54, 1.807) is 0 Å². The van der Waals surface area contributed by atoms with E-state index in [4.69, 9.17) is 16.7 Å². The van der Waals surface area contributed by atoms with E-state index in [1.807, 2.05) is 72.2 Å². The van der Waals surface area contributed by atoms with Gasteiger partial charge in [0.2, 0.25) is 0 Å². The van der Waals surface area contributed by atoms with Crippen molar-refractivity contribution in [3.8, 4) is 16.9 Å². The molecule has 0 aliphatic rings. The van der Waals surface area contributed by atoms with E-state index in [1.165, 1.54) is 0 Å². The van der Waals surface area contributed by atoms with Crippen LogP contribution in [0.15, 0.2) is 60.7 Å². The van der Waals surface area contributed by atoms with E-state index >= 15 is 0 Å². The molecule has 3 rings (SSSR count). The van der Waals surface area contributed by atoms with Crippen LogP contribution in [0.1, 0.15) is 11.3 Å². The lowest BCUT2D eigenvalue weighted by atomic mass is 10.1. The van der Waals surface area contributed by atoms with E-state index < -0.39 is 5.97 Å². The van der Waals surface area contributed by atoms with Gasteiger partial charge in [0.1, 0.15) is 0 Å². The summed E-state index contributed by atoms with van der Waals surface area (Å²) < 4.78 is 2.02. The first-order chi connectivity index (χ1) is 11.1. The van der Waals surface area contributed by atoms with Crippen molar-refractivity contribution in [3.05, 3.63) is 76.9 Å². The second-order valence-corrected chi connectivity index (χ2v) is 5.77. The SMILES string of the molecule is Cc1c(CC(=O)O)cc(-c2ccccc2)n1-c1ccccc1Cl. The largest absolute Gasteiger partial charge is 0.481 e. The average molecular weight is 326 g/mol. The maximum absolute atomic E-state index is 11.1. The molecule has 1 aromatic heterocycles. The summed E-state index contributed by atoms with van der Waals surface area (Å²) in [6, 6.07) is 19.4. The van der Waals surface area contributed by atoms with Gasteiger partial charge in [0.15, 0.2) is 0 Å². The molecule has 23 heavy (non-hydrogen) atoms. The third-order valence-corrected chi connectivity index (χ3v) is 4.18. The third kappa shape index (κ3) is 3.01. The molecule has 0 fully saturated rings. The van der Waals surface area contributed by atoms with Crippen LogP contribution >= 0.6 is 11.6 Å². The van der Waals surface area contributed by atoms with Crippen LogP contribution in [-0.2, 0) is 11.2 Å². The van der Waals surface area contributed by atoms with Gasteiger partial charge in [-0.2, -0.15) is 0 Å². The Morgan fingerprint density at radius 2 is 1.74 bits per heavy atom. The lowest BCUT2D eigenvalue weighted by molar-refractivity contribution is -0.136. The molecule has 2 aromatic carbocycles. The molecule has 1 N–H and O–H groups in total. The zero-order chi connectivity index (χ0) is 16.4. The predicted molar refractivity (Wildman–Crippen MR) is 92.3 cm³/mol. The minimum Gasteiger partial charge on any atom is -0.481 e. The Morgan fingerprint density at radius 3 is 2.39 bits per heavy atom. The smallest absolute Gasteiger partial charge is 0.307 e. The van der Waals surface area contributed by atoms with Gasteiger partial charge in [0, 0.05) is 5.69 Å². The fourth-order valence-electron chi connectivity index (χ4n) is 2.77. The highest BCUT2D eigenvalue weighted by molar-refractivity contribution is 6.32. The average Bonchev–Trinajstić information content (AvgIpc) is 2.85. The van der Waals surface area contributed by atoms with Crippen molar-refractivity contribution in [1.82, 2.24) is 4.57 Å². The summed E-state index contributed by atoms with van der Waals surface area (Å²) in [6.07, 6.45) is -0.0108. The number of carboxylic acids is 1. The van der Waals surface area contributed by atoms with Gasteiger partial charge < -0.3 is 9.67 Å². The molecule has 0 aliphatic heterocycles. The van der Waals surface area contributed by atoms with Crippen LogP contribution in [0.2, 0.25) is 5.02 Å². The molecule has 4 heteroatoms. The van der Waals surface area contributed by atoms with Crippen molar-refractivity contribution in [2.45, 2.75) is 13.3 Å². The molecule has 3 aromatic rings. The summed E-state index contributed by atoms with van der Waals surface area (Å²) in [5.74, 6) is -0.843. The highest BCUT2D eigenvalue weighted by atomic mass is 35.5. The molecule has 1 heterocycles. The van der Waals surface area contributed by atoms with Crippen molar-refractivity contribution in [1.29, 1.82) is 0 Å². The number of hydrogen-bond acceptors (Lipinski definition) is 1. The molecule has 0 amide bonds. The summed E-state index contributed by atoms with van der Waals surface area (Å²) in [5, 5.41) is 9.78. The summed E-state index contributed by atoms with van der Waals surface area (Å²) in [5.41, 5.74) is 4.48. The fourth-order valence-corrected chi connectivity index (χ4v) is 2.99. The molecule has 0 bridgehead atoms. The molecule has 0 unspecified atom stereocenters. The molecule has 0 saturated heterocycles. The summed E-state index contributed by atoms with van der Waals surface area (Å²) in [4.78, 5) is 11.1. The number of nitrogens with zero attached hydrogens (tertiary/aromatic N) is 1. The Kier molecular flexibility index (Phi) is 4.22. The minimum absolute atomic E-state index is 0.0108. The predicted octanol–water partition coefficient (Wildman–Crippen LogP) is 4.73. The van der Waals surface area contributed by atoms with Gasteiger partial charge in [-0.3, -0.25) is 4.79 Å². The summed E-state index contributed by atoms with van der Waals surface area (Å²) in [6.45, 7) is 1.92. The van der Waals surface area contributed by atoms with Gasteiger partial charge in [-0.25, -0.2) is 0 Å². The van der Waals surface area contributed by atoms with Crippen LogP contribution in [0.3, 0.4) is 0 Å². The lowest BCUT2D eigenvalue weighted by Gasteiger charge is -2.14. The number of aliphatic carboxylic acids is 1. The van der Waals surface area contributed by atoms with Crippen molar-refractivity contribution in [2.75, 3.05) is 0 Å². The molecular formula is C19H16ClNO2. The first-order valence-electron chi connectivity index (χ1n) is 7.31. The highest BCUT2D eigenvalue weighted by Gasteiger charge is 2.17. The number of aromatic nitrogens is 1. The van der Waals surface area contributed by atoms with Crippen LogP contribution < -0.4 is 0 Å². The number of benzene rings is 2. The Morgan fingerprint density at radius 1 is 1.09 bits per heavy atom. The first-order valence-corrected chi connectivity index (χ1v) is 7.69. The Hall–Kier alpha value is -2.52. The Bertz CT molecular complexity index is 853. The second-order valence-electron chi connectivity index (χ2n) is 5.36. The second kappa shape index (κ2) is 6.31. The Balaban J connectivity index is 2.26. The highest BCUT2D eigenvalue weighted by Crippen LogP contribution is 2.32. The van der Waals surface area contributed by atoms with Crippen LogP contribution in [0.5, 0.6) is 0 Å². The normalized spacial score (nSPS) is 10.7. The number of para-hydroxylation sites is 1. The van der Waals surface area contributed by atoms with Gasteiger partial charge in [-0.15, -0.1) is 0 Å². The van der Waals surface area contributed by atoms with Crippen LogP contribution in [0.4, 0.5) is 0 Å². The van der Waals surface area contributed by atoms with Crippen LogP contribution in [0, 0.1) is 6.92 Å². The van der Waals surface area contributed by atoms with Crippen molar-refractivity contribution in [2.24, 2.45) is 0 Å². The first kappa shape index (κ1) is 15.4. The number of carboxylic acid groups (broad SMARTS) is 1. The summed E-state index contributed by atoms with van der Waals surface area (Å²) in [7, 11) is 0. The van der Waals surface area contributed by atoms with Gasteiger partial charge in [0.25, 0.3) is 0 Å². The molecule has 0 saturated carbocycles. The van der Waals surface area contributed by atoms with Crippen molar-refractivity contribution in [3.63, 3.8) is 0 Å². The van der Waals surface area contributed by atoms with Gasteiger partial charge >= 0.3 is 5.97 Å². The Labute approximate surface area is 139 Å². The maximum atomic E-state index is 11.1. The number of halogens is 1. The fraction of sp³-hybridized carbons (Fsp3) is 0.105. The van der Waals surface area contributed by atoms with E-state index in [2.05, 4.69) is 0 Å². The number of carbonyl (C=O) groups is 1. The van der Waals surface area contributed by atoms with E-state index in [0.717, 1.165) is 28.2 Å². The van der Waals surface area contributed by atoms with E-state index in [9.17, 15) is 4.79 Å². The van der Waals surface area contributed by atoms with Gasteiger partial charge in [-0.1, -0.05) is 54.1 Å². The topological polar surface area (TPSA) is 42.2 Å². The van der Waals surface area contributed by atoms with Gasteiger partial charge in [0.05, 0.1) is 22.8 Å². The number of rotatable bonds is 4. The molecule has 0 spiro atoms. The van der Waals surface area contributed by atoms with Gasteiger partial charge in [-0.05, 0) is 36.2 Å². The zero-order valence-corrected chi connectivity index (χ0v) is 13.4. The molecule has 116 valence electrons. The molecule has 0 aliphatic carbocycles. The van der Waals surface area contributed by atoms with Crippen molar-refractivity contribution >= 4 is 17.6 Å². The molecule has 0 radical (unpaired) electrons. The van der Waals surface area contributed by atoms with E-state index in [-0.39, 0.29) is 6.42 Å².